The quantitative estimate of drug-likeness (QED) is 0.605. The molecule has 0 saturated heterocycles. The van der Waals surface area contributed by atoms with Crippen LogP contribution in [0.1, 0.15) is 26.7 Å². The van der Waals surface area contributed by atoms with Crippen molar-refractivity contribution in [2.75, 3.05) is 18.8 Å². The molecule has 0 aromatic heterocycles. The van der Waals surface area contributed by atoms with Gasteiger partial charge in [-0.3, -0.25) is 9.69 Å². The fourth-order valence-electron chi connectivity index (χ4n) is 1.45. The van der Waals surface area contributed by atoms with Gasteiger partial charge in [0.15, 0.2) is 0 Å². The zero-order valence-corrected chi connectivity index (χ0v) is 9.39. The van der Waals surface area contributed by atoms with Crippen LogP contribution in [0.3, 0.4) is 0 Å². The maximum atomic E-state index is 11.1. The number of primary amides is 1. The lowest BCUT2D eigenvalue weighted by Crippen LogP contribution is -2.44. The van der Waals surface area contributed by atoms with Crippen molar-refractivity contribution in [1.82, 2.24) is 4.90 Å². The topological polar surface area (TPSA) is 46.3 Å². The van der Waals surface area contributed by atoms with Gasteiger partial charge in [-0.25, -0.2) is 0 Å². The lowest BCUT2D eigenvalue weighted by molar-refractivity contribution is -0.123. The summed E-state index contributed by atoms with van der Waals surface area (Å²) in [7, 11) is 0. The second-order valence-electron chi connectivity index (χ2n) is 3.01. The van der Waals surface area contributed by atoms with E-state index in [0.29, 0.717) is 0 Å². The predicted octanol–water partition coefficient (Wildman–Crippen LogP) is 0.892. The molecule has 4 heteroatoms. The average Bonchev–Trinajstić information content (AvgIpc) is 2.11. The first-order valence-corrected chi connectivity index (χ1v) is 5.44. The standard InChI is InChI=1S/C9H20N2OS/c1-3-11(4-2)8(9(10)12)6-5-7-13/h8,13H,3-7H2,1-2H3,(H2,10,12). The Hall–Kier alpha value is -0.220. The molecule has 2 N–H and O–H groups in total. The van der Waals surface area contributed by atoms with E-state index in [9.17, 15) is 4.79 Å². The Morgan fingerprint density at radius 3 is 2.31 bits per heavy atom. The number of amides is 1. The highest BCUT2D eigenvalue weighted by atomic mass is 32.1. The van der Waals surface area contributed by atoms with Gasteiger partial charge in [0.05, 0.1) is 6.04 Å². The number of likely N-dealkylation sites (N-methyl/N-ethyl adjacent to an activating group) is 1. The van der Waals surface area contributed by atoms with Gasteiger partial charge in [-0.15, -0.1) is 0 Å². The Kier molecular flexibility index (Phi) is 7.09. The summed E-state index contributed by atoms with van der Waals surface area (Å²) in [5.74, 6) is 0.593. The van der Waals surface area contributed by atoms with Crippen molar-refractivity contribution in [2.45, 2.75) is 32.7 Å². The Morgan fingerprint density at radius 1 is 1.46 bits per heavy atom. The van der Waals surface area contributed by atoms with Crippen molar-refractivity contribution in [3.05, 3.63) is 0 Å². The second kappa shape index (κ2) is 7.21. The molecular weight excluding hydrogens is 184 g/mol. The van der Waals surface area contributed by atoms with Crippen LogP contribution >= 0.6 is 12.6 Å². The van der Waals surface area contributed by atoms with Gasteiger partial charge < -0.3 is 5.73 Å². The number of carbonyl (C=O) groups is 1. The molecule has 0 aliphatic rings. The minimum atomic E-state index is -0.217. The van der Waals surface area contributed by atoms with Gasteiger partial charge in [0, 0.05) is 0 Å². The van der Waals surface area contributed by atoms with Crippen LogP contribution in [0.15, 0.2) is 0 Å². The van der Waals surface area contributed by atoms with Crippen LogP contribution in [-0.2, 0) is 4.79 Å². The van der Waals surface area contributed by atoms with Crippen molar-refractivity contribution in [1.29, 1.82) is 0 Å². The van der Waals surface area contributed by atoms with Crippen LogP contribution in [0.2, 0.25) is 0 Å². The van der Waals surface area contributed by atoms with Gasteiger partial charge in [0.1, 0.15) is 0 Å². The molecule has 0 aromatic rings. The molecule has 0 heterocycles. The van der Waals surface area contributed by atoms with Crippen LogP contribution in [0.5, 0.6) is 0 Å². The van der Waals surface area contributed by atoms with Gasteiger partial charge in [0.25, 0.3) is 0 Å². The van der Waals surface area contributed by atoms with Gasteiger partial charge in [-0.1, -0.05) is 13.8 Å². The van der Waals surface area contributed by atoms with E-state index >= 15 is 0 Å². The number of rotatable bonds is 7. The summed E-state index contributed by atoms with van der Waals surface area (Å²) in [5, 5.41) is 0. The number of carbonyl (C=O) groups excluding carboxylic acids is 1. The molecule has 0 radical (unpaired) electrons. The summed E-state index contributed by atoms with van der Waals surface area (Å²) in [4.78, 5) is 13.2. The average molecular weight is 204 g/mol. The highest BCUT2D eigenvalue weighted by Gasteiger charge is 2.20. The number of hydrogen-bond donors (Lipinski definition) is 2. The van der Waals surface area contributed by atoms with Crippen LogP contribution in [0.25, 0.3) is 0 Å². The third-order valence-corrected chi connectivity index (χ3v) is 2.53. The summed E-state index contributed by atoms with van der Waals surface area (Å²) in [6.45, 7) is 5.83. The predicted molar refractivity (Wildman–Crippen MR) is 59.0 cm³/mol. The first-order valence-electron chi connectivity index (χ1n) is 4.81. The van der Waals surface area contributed by atoms with Crippen molar-refractivity contribution in [2.24, 2.45) is 5.73 Å². The molecule has 0 saturated carbocycles. The zero-order chi connectivity index (χ0) is 10.3. The van der Waals surface area contributed by atoms with Crippen LogP contribution in [0.4, 0.5) is 0 Å². The summed E-state index contributed by atoms with van der Waals surface area (Å²) >= 11 is 4.12. The third kappa shape index (κ3) is 4.52. The van der Waals surface area contributed by atoms with Crippen molar-refractivity contribution >= 4 is 18.5 Å². The van der Waals surface area contributed by atoms with E-state index in [1.807, 2.05) is 13.8 Å². The van der Waals surface area contributed by atoms with E-state index in [-0.39, 0.29) is 11.9 Å². The van der Waals surface area contributed by atoms with E-state index in [4.69, 9.17) is 5.73 Å². The molecule has 0 fully saturated rings. The Balaban J connectivity index is 4.12. The van der Waals surface area contributed by atoms with Crippen LogP contribution in [0, 0.1) is 0 Å². The summed E-state index contributed by atoms with van der Waals surface area (Å²) in [6, 6.07) is -0.109. The monoisotopic (exact) mass is 204 g/mol. The van der Waals surface area contributed by atoms with Crippen molar-refractivity contribution in [3.8, 4) is 0 Å². The van der Waals surface area contributed by atoms with Crippen molar-refractivity contribution in [3.63, 3.8) is 0 Å². The molecule has 0 bridgehead atoms. The fourth-order valence-corrected chi connectivity index (χ4v) is 1.64. The summed E-state index contributed by atoms with van der Waals surface area (Å²) in [6.07, 6.45) is 1.76. The Labute approximate surface area is 86.1 Å². The maximum Gasteiger partial charge on any atom is 0.234 e. The lowest BCUT2D eigenvalue weighted by atomic mass is 10.1. The summed E-state index contributed by atoms with van der Waals surface area (Å²) in [5.41, 5.74) is 5.32. The normalized spacial score (nSPS) is 13.2. The largest absolute Gasteiger partial charge is 0.368 e. The van der Waals surface area contributed by atoms with Gasteiger partial charge >= 0.3 is 0 Å². The first-order chi connectivity index (χ1) is 6.17. The smallest absolute Gasteiger partial charge is 0.234 e. The first kappa shape index (κ1) is 12.8. The highest BCUT2D eigenvalue weighted by molar-refractivity contribution is 7.80. The molecule has 1 unspecified atom stereocenters. The number of thiol groups is 1. The third-order valence-electron chi connectivity index (χ3n) is 2.22. The number of nitrogens with two attached hydrogens (primary N) is 1. The fraction of sp³-hybridized carbons (Fsp3) is 0.889. The molecule has 1 amide bonds. The molecule has 0 aliphatic carbocycles. The molecule has 1 atom stereocenters. The molecule has 0 aliphatic heterocycles. The molecule has 0 spiro atoms. The Bertz CT molecular complexity index is 149. The van der Waals surface area contributed by atoms with Crippen molar-refractivity contribution < 1.29 is 4.79 Å². The molecule has 78 valence electrons. The minimum Gasteiger partial charge on any atom is -0.368 e. The van der Waals surface area contributed by atoms with E-state index in [1.165, 1.54) is 0 Å². The van der Waals surface area contributed by atoms with E-state index < -0.39 is 0 Å². The molecule has 3 nitrogen and oxygen atoms in total. The lowest BCUT2D eigenvalue weighted by Gasteiger charge is -2.26. The maximum absolute atomic E-state index is 11.1. The van der Waals surface area contributed by atoms with Gasteiger partial charge in [-0.2, -0.15) is 12.6 Å². The SMILES string of the molecule is CCN(CC)C(CCCS)C(N)=O. The minimum absolute atomic E-state index is 0.109. The number of nitrogens with zero attached hydrogens (tertiary/aromatic N) is 1. The van der Waals surface area contributed by atoms with E-state index in [2.05, 4.69) is 17.5 Å². The van der Waals surface area contributed by atoms with E-state index in [0.717, 1.165) is 31.7 Å². The van der Waals surface area contributed by atoms with Crippen LogP contribution < -0.4 is 5.73 Å². The zero-order valence-electron chi connectivity index (χ0n) is 8.49. The van der Waals surface area contributed by atoms with Gasteiger partial charge in [0.2, 0.25) is 5.91 Å². The van der Waals surface area contributed by atoms with Crippen LogP contribution in [-0.4, -0.2) is 35.7 Å². The molecule has 13 heavy (non-hydrogen) atoms. The molecule has 0 rings (SSSR count). The second-order valence-corrected chi connectivity index (χ2v) is 3.45. The van der Waals surface area contributed by atoms with Gasteiger partial charge in [-0.05, 0) is 31.7 Å². The molecular formula is C9H20N2OS. The number of hydrogen-bond acceptors (Lipinski definition) is 3. The Morgan fingerprint density at radius 2 is 2.00 bits per heavy atom. The molecule has 0 aromatic carbocycles. The summed E-state index contributed by atoms with van der Waals surface area (Å²) < 4.78 is 0. The highest BCUT2D eigenvalue weighted by Crippen LogP contribution is 2.07. The van der Waals surface area contributed by atoms with E-state index in [1.54, 1.807) is 0 Å².